The number of allylic oxidation sites excluding steroid dienone is 1. The van der Waals surface area contributed by atoms with E-state index in [2.05, 4.69) is 30.8 Å². The monoisotopic (exact) mass is 337 g/mol. The summed E-state index contributed by atoms with van der Waals surface area (Å²) in [4.78, 5) is 16.4. The molecule has 8 heteroatoms. The topological polar surface area (TPSA) is 101 Å². The van der Waals surface area contributed by atoms with Gasteiger partial charge in [0.1, 0.15) is 5.82 Å². The number of aromatic amines is 1. The molecule has 1 atom stereocenters. The fraction of sp³-hybridized carbons (Fsp3) is 0.235. The van der Waals surface area contributed by atoms with Crippen molar-refractivity contribution >= 4 is 12.0 Å². The van der Waals surface area contributed by atoms with E-state index in [9.17, 15) is 4.79 Å². The first-order valence-corrected chi connectivity index (χ1v) is 7.93. The van der Waals surface area contributed by atoms with E-state index in [4.69, 9.17) is 0 Å². The van der Waals surface area contributed by atoms with Crippen molar-refractivity contribution in [3.8, 4) is 0 Å². The Balaban J connectivity index is 1.57. The van der Waals surface area contributed by atoms with E-state index in [1.54, 1.807) is 17.8 Å². The van der Waals surface area contributed by atoms with Gasteiger partial charge in [-0.05, 0) is 19.4 Å². The molecule has 1 amide bonds. The van der Waals surface area contributed by atoms with Gasteiger partial charge in [-0.25, -0.2) is 9.67 Å². The highest BCUT2D eigenvalue weighted by atomic mass is 16.2. The molecule has 0 radical (unpaired) electrons. The van der Waals surface area contributed by atoms with Crippen molar-refractivity contribution in [3.05, 3.63) is 65.5 Å². The first-order valence-electron chi connectivity index (χ1n) is 7.93. The number of hydrogen-bond acceptors (Lipinski definition) is 5. The highest BCUT2D eigenvalue weighted by Crippen LogP contribution is 2.07. The molecule has 0 aliphatic heterocycles. The van der Waals surface area contributed by atoms with Crippen LogP contribution in [0.3, 0.4) is 0 Å². The standard InChI is InChI=1S/C17H19N7O/c1-12(16-19-13(2)20-22-16)18-17(25)15-11-24(23-21-15)10-6-9-14-7-4-3-5-8-14/h3-9,11-12H,10H2,1-2H3,(H,18,25)(H,19,20,22)/b9-6+. The lowest BCUT2D eigenvalue weighted by Gasteiger charge is -2.08. The molecule has 2 aromatic heterocycles. The highest BCUT2D eigenvalue weighted by Gasteiger charge is 2.17. The van der Waals surface area contributed by atoms with E-state index < -0.39 is 0 Å². The Labute approximate surface area is 145 Å². The molecular weight excluding hydrogens is 318 g/mol. The van der Waals surface area contributed by atoms with Gasteiger partial charge in [0.15, 0.2) is 11.5 Å². The van der Waals surface area contributed by atoms with Gasteiger partial charge in [-0.1, -0.05) is 47.7 Å². The second-order valence-corrected chi connectivity index (χ2v) is 5.61. The van der Waals surface area contributed by atoms with Crippen molar-refractivity contribution in [2.24, 2.45) is 0 Å². The Hall–Kier alpha value is -3.29. The Bertz CT molecular complexity index is 866. The van der Waals surface area contributed by atoms with Crippen LogP contribution in [0, 0.1) is 6.92 Å². The largest absolute Gasteiger partial charge is 0.341 e. The zero-order chi connectivity index (χ0) is 17.6. The lowest BCUT2D eigenvalue weighted by molar-refractivity contribution is 0.0933. The van der Waals surface area contributed by atoms with Gasteiger partial charge < -0.3 is 5.32 Å². The molecule has 1 aromatic carbocycles. The second kappa shape index (κ2) is 7.52. The van der Waals surface area contributed by atoms with E-state index >= 15 is 0 Å². The number of nitrogens with one attached hydrogen (secondary N) is 2. The molecule has 0 saturated heterocycles. The molecule has 1 unspecified atom stereocenters. The third-order valence-electron chi connectivity index (χ3n) is 3.52. The molecule has 0 spiro atoms. The van der Waals surface area contributed by atoms with Crippen molar-refractivity contribution < 1.29 is 4.79 Å². The number of H-pyrrole nitrogens is 1. The van der Waals surface area contributed by atoms with Crippen LogP contribution in [0.4, 0.5) is 0 Å². The maximum absolute atomic E-state index is 12.2. The van der Waals surface area contributed by atoms with E-state index in [0.29, 0.717) is 18.2 Å². The van der Waals surface area contributed by atoms with Gasteiger partial charge in [-0.15, -0.1) is 5.10 Å². The number of amides is 1. The average molecular weight is 337 g/mol. The molecule has 0 aliphatic carbocycles. The fourth-order valence-corrected chi connectivity index (χ4v) is 2.24. The number of rotatable bonds is 6. The maximum Gasteiger partial charge on any atom is 0.274 e. The Morgan fingerprint density at radius 1 is 1.36 bits per heavy atom. The molecule has 8 nitrogen and oxygen atoms in total. The smallest absolute Gasteiger partial charge is 0.274 e. The molecule has 128 valence electrons. The Kier molecular flexibility index (Phi) is 4.98. The van der Waals surface area contributed by atoms with Crippen LogP contribution in [0.25, 0.3) is 6.08 Å². The molecule has 2 N–H and O–H groups in total. The summed E-state index contributed by atoms with van der Waals surface area (Å²) in [5.74, 6) is 0.921. The fourth-order valence-electron chi connectivity index (χ4n) is 2.24. The predicted octanol–water partition coefficient (Wildman–Crippen LogP) is 1.91. The van der Waals surface area contributed by atoms with Crippen LogP contribution < -0.4 is 5.32 Å². The van der Waals surface area contributed by atoms with Crippen LogP contribution in [0.2, 0.25) is 0 Å². The minimum Gasteiger partial charge on any atom is -0.341 e. The van der Waals surface area contributed by atoms with Gasteiger partial charge in [0.05, 0.1) is 18.8 Å². The summed E-state index contributed by atoms with van der Waals surface area (Å²) in [7, 11) is 0. The molecule has 0 saturated carbocycles. The highest BCUT2D eigenvalue weighted by molar-refractivity contribution is 5.92. The van der Waals surface area contributed by atoms with Crippen molar-refractivity contribution in [1.29, 1.82) is 0 Å². The predicted molar refractivity (Wildman–Crippen MR) is 92.5 cm³/mol. The van der Waals surface area contributed by atoms with E-state index in [1.807, 2.05) is 49.4 Å². The van der Waals surface area contributed by atoms with Crippen LogP contribution in [0.1, 0.15) is 40.7 Å². The zero-order valence-corrected chi connectivity index (χ0v) is 14.0. The normalized spacial score (nSPS) is 12.4. The summed E-state index contributed by atoms with van der Waals surface area (Å²) in [6.45, 7) is 4.15. The summed E-state index contributed by atoms with van der Waals surface area (Å²) >= 11 is 0. The number of carbonyl (C=O) groups is 1. The number of aryl methyl sites for hydroxylation is 1. The summed E-state index contributed by atoms with van der Waals surface area (Å²) in [6.07, 6.45) is 5.57. The minimum absolute atomic E-state index is 0.257. The van der Waals surface area contributed by atoms with E-state index in [-0.39, 0.29) is 17.6 Å². The number of benzene rings is 1. The lowest BCUT2D eigenvalue weighted by Crippen LogP contribution is -2.27. The quantitative estimate of drug-likeness (QED) is 0.715. The van der Waals surface area contributed by atoms with Crippen LogP contribution in [-0.4, -0.2) is 36.1 Å². The molecule has 3 rings (SSSR count). The van der Waals surface area contributed by atoms with Gasteiger partial charge in [0, 0.05) is 0 Å². The molecular formula is C17H19N7O. The number of aromatic nitrogens is 6. The number of hydrogen-bond donors (Lipinski definition) is 2. The third kappa shape index (κ3) is 4.37. The maximum atomic E-state index is 12.2. The lowest BCUT2D eigenvalue weighted by atomic mass is 10.2. The Morgan fingerprint density at radius 3 is 2.88 bits per heavy atom. The van der Waals surface area contributed by atoms with Gasteiger partial charge >= 0.3 is 0 Å². The third-order valence-corrected chi connectivity index (χ3v) is 3.52. The van der Waals surface area contributed by atoms with Crippen molar-refractivity contribution in [1.82, 2.24) is 35.5 Å². The number of nitrogens with zero attached hydrogens (tertiary/aromatic N) is 5. The van der Waals surface area contributed by atoms with Gasteiger partial charge in [-0.3, -0.25) is 9.89 Å². The van der Waals surface area contributed by atoms with E-state index in [1.165, 1.54) is 0 Å². The molecule has 25 heavy (non-hydrogen) atoms. The SMILES string of the molecule is Cc1nc(C(C)NC(=O)c2cn(C/C=C/c3ccccc3)nn2)n[nH]1. The summed E-state index contributed by atoms with van der Waals surface area (Å²) in [5, 5.41) is 17.5. The van der Waals surface area contributed by atoms with Crippen molar-refractivity contribution in [2.45, 2.75) is 26.4 Å². The second-order valence-electron chi connectivity index (χ2n) is 5.61. The number of carbonyl (C=O) groups excluding carboxylic acids is 1. The van der Waals surface area contributed by atoms with Crippen molar-refractivity contribution in [2.75, 3.05) is 0 Å². The van der Waals surface area contributed by atoms with Crippen molar-refractivity contribution in [3.63, 3.8) is 0 Å². The molecule has 3 aromatic rings. The molecule has 0 fully saturated rings. The summed E-state index contributed by atoms with van der Waals surface area (Å²) in [6, 6.07) is 9.65. The first-order chi connectivity index (χ1) is 12.1. The van der Waals surface area contributed by atoms with Crippen LogP contribution in [0.15, 0.2) is 42.6 Å². The van der Waals surface area contributed by atoms with Crippen LogP contribution in [-0.2, 0) is 6.54 Å². The summed E-state index contributed by atoms with van der Waals surface area (Å²) < 4.78 is 1.61. The van der Waals surface area contributed by atoms with Gasteiger partial charge in [0.2, 0.25) is 0 Å². The van der Waals surface area contributed by atoms with Gasteiger partial charge in [0.25, 0.3) is 5.91 Å². The van der Waals surface area contributed by atoms with Crippen LogP contribution >= 0.6 is 0 Å². The van der Waals surface area contributed by atoms with Crippen LogP contribution in [0.5, 0.6) is 0 Å². The Morgan fingerprint density at radius 2 is 2.16 bits per heavy atom. The average Bonchev–Trinajstić information content (AvgIpc) is 3.25. The zero-order valence-electron chi connectivity index (χ0n) is 14.0. The minimum atomic E-state index is -0.319. The van der Waals surface area contributed by atoms with E-state index in [0.717, 1.165) is 5.56 Å². The molecule has 2 heterocycles. The molecule has 0 bridgehead atoms. The van der Waals surface area contributed by atoms with Gasteiger partial charge in [-0.2, -0.15) is 5.10 Å². The first kappa shape index (κ1) is 16.6. The summed E-state index contributed by atoms with van der Waals surface area (Å²) in [5.41, 5.74) is 1.36. The molecule has 0 aliphatic rings.